The third kappa shape index (κ3) is 7.25. The van der Waals surface area contributed by atoms with Crippen molar-refractivity contribution in [2.24, 2.45) is 10.3 Å². The Labute approximate surface area is 192 Å². The minimum atomic E-state index is -1.62. The van der Waals surface area contributed by atoms with E-state index in [4.69, 9.17) is 14.4 Å². The number of carbonyl (C=O) groups excluding carboxylic acids is 1. The molecule has 7 nitrogen and oxygen atoms in total. The topological polar surface area (TPSA) is 81.5 Å². The summed E-state index contributed by atoms with van der Waals surface area (Å²) < 4.78 is 19.4. The molecule has 0 radical (unpaired) electrons. The third-order valence-corrected chi connectivity index (χ3v) is 4.76. The largest absolute Gasteiger partial charge is 0.489 e. The molecule has 0 spiro atoms. The van der Waals surface area contributed by atoms with Crippen LogP contribution >= 0.6 is 18.5 Å². The van der Waals surface area contributed by atoms with Gasteiger partial charge in [0.2, 0.25) is 0 Å². The fraction of sp³-hybridized carbons (Fsp3) is 0.318. The van der Waals surface area contributed by atoms with Gasteiger partial charge >= 0.3 is 0 Å². The molecule has 0 aliphatic carbocycles. The molecule has 0 heterocycles. The molecule has 1 amide bonds. The van der Waals surface area contributed by atoms with Gasteiger partial charge in [0.1, 0.15) is 26.1 Å². The Morgan fingerprint density at radius 3 is 2.47 bits per heavy atom. The zero-order valence-corrected chi connectivity index (χ0v) is 20.8. The van der Waals surface area contributed by atoms with Crippen LogP contribution in [0.3, 0.4) is 0 Å². The van der Waals surface area contributed by atoms with E-state index in [1.807, 2.05) is 31.2 Å². The molecule has 2 aromatic rings. The molecule has 2 aromatic carbocycles. The van der Waals surface area contributed by atoms with Crippen molar-refractivity contribution < 1.29 is 23.6 Å². The minimum absolute atomic E-state index is 0.104. The van der Waals surface area contributed by atoms with Crippen molar-refractivity contribution in [2.75, 3.05) is 20.8 Å². The van der Waals surface area contributed by atoms with Crippen LogP contribution in [0, 0.1) is 6.92 Å². The van der Waals surface area contributed by atoms with Gasteiger partial charge in [-0.1, -0.05) is 59.1 Å². The van der Waals surface area contributed by atoms with Gasteiger partial charge in [0, 0.05) is 23.7 Å². The lowest BCUT2D eigenvalue weighted by Crippen LogP contribution is -2.29. The summed E-state index contributed by atoms with van der Waals surface area (Å²) in [4.78, 5) is 22.7. The number of nitrogens with zero attached hydrogens (tertiary/aromatic N) is 2. The number of nitrogens with one attached hydrogen (secondary N) is 1. The molecule has 2 atom stereocenters. The van der Waals surface area contributed by atoms with Gasteiger partial charge in [-0.05, 0) is 31.5 Å². The number of hydrogen-bond donors (Lipinski definition) is 1. The average Bonchev–Trinajstić information content (AvgIpc) is 2.76. The number of halogens is 1. The molecular weight excluding hydrogens is 451 g/mol. The molecule has 0 fully saturated rings. The highest BCUT2D eigenvalue weighted by atomic mass is 31.1. The normalized spacial score (nSPS) is 12.3. The summed E-state index contributed by atoms with van der Waals surface area (Å²) in [5.74, 6) is 0.117. The molecule has 0 saturated carbocycles. The number of oxime groups is 2. The molecule has 0 bridgehead atoms. The lowest BCUT2D eigenvalue weighted by Gasteiger charge is -2.17. The van der Waals surface area contributed by atoms with Crippen LogP contribution in [0.2, 0.25) is 0 Å². The summed E-state index contributed by atoms with van der Waals surface area (Å²) in [6.45, 7) is 3.63. The zero-order chi connectivity index (χ0) is 23.7. The Morgan fingerprint density at radius 2 is 1.81 bits per heavy atom. The first-order chi connectivity index (χ1) is 15.2. The molecule has 32 heavy (non-hydrogen) atoms. The number of ether oxygens (including phenoxy) is 1. The summed E-state index contributed by atoms with van der Waals surface area (Å²) in [5, 5.41) is 9.02. The van der Waals surface area contributed by atoms with Crippen LogP contribution in [-0.4, -0.2) is 43.2 Å². The van der Waals surface area contributed by atoms with E-state index >= 15 is 0 Å². The predicted molar refractivity (Wildman–Crippen MR) is 131 cm³/mol. The van der Waals surface area contributed by atoms with Crippen molar-refractivity contribution >= 4 is 35.8 Å². The number of likely N-dealkylation sites (N-methyl/N-ethyl adjacent to an activating group) is 1. The molecule has 1 N–H and O–H groups in total. The quantitative estimate of drug-likeness (QED) is 0.320. The summed E-state index contributed by atoms with van der Waals surface area (Å²) in [6.07, 6.45) is 0. The van der Waals surface area contributed by atoms with Crippen molar-refractivity contribution in [3.05, 3.63) is 64.7 Å². The molecule has 10 heteroatoms. The number of carbonyl (C=O) groups is 1. The van der Waals surface area contributed by atoms with Gasteiger partial charge in [-0.25, -0.2) is 4.39 Å². The number of hydrogen-bond acceptors (Lipinski definition) is 6. The van der Waals surface area contributed by atoms with Gasteiger partial charge in [-0.3, -0.25) is 4.79 Å². The number of para-hydroxylation sites is 1. The summed E-state index contributed by atoms with van der Waals surface area (Å²) in [7, 11) is 7.04. The van der Waals surface area contributed by atoms with E-state index in [1.54, 1.807) is 25.1 Å². The van der Waals surface area contributed by atoms with Crippen LogP contribution in [0.25, 0.3) is 0 Å². The highest BCUT2D eigenvalue weighted by Crippen LogP contribution is 2.30. The average molecular weight is 479 g/mol. The molecule has 0 aromatic heterocycles. The molecule has 2 unspecified atom stereocenters. The van der Waals surface area contributed by atoms with Crippen molar-refractivity contribution in [2.45, 2.75) is 25.6 Å². The number of amides is 1. The number of rotatable bonds is 10. The molecule has 0 aliphatic rings. The second-order valence-corrected chi connectivity index (χ2v) is 9.55. The molecule has 172 valence electrons. The van der Waals surface area contributed by atoms with E-state index < -0.39 is 5.15 Å². The Morgan fingerprint density at radius 1 is 1.12 bits per heavy atom. The van der Waals surface area contributed by atoms with Gasteiger partial charge in [-0.15, -0.1) is 0 Å². The fourth-order valence-corrected chi connectivity index (χ4v) is 3.03. The maximum atomic E-state index is 13.8. The molecular formula is C22H28FN3O4P2. The van der Waals surface area contributed by atoms with Gasteiger partial charge in [0.05, 0.1) is 5.71 Å². The highest BCUT2D eigenvalue weighted by Gasteiger charge is 2.20. The van der Waals surface area contributed by atoms with E-state index in [2.05, 4.69) is 34.1 Å². The summed E-state index contributed by atoms with van der Waals surface area (Å²) in [6, 6.07) is 12.7. The second-order valence-electron chi connectivity index (χ2n) is 6.96. The van der Waals surface area contributed by atoms with Crippen LogP contribution < -0.4 is 10.1 Å². The summed E-state index contributed by atoms with van der Waals surface area (Å²) >= 11 is 0. The van der Waals surface area contributed by atoms with Crippen LogP contribution in [-0.2, 0) is 21.1 Å². The third-order valence-electron chi connectivity index (χ3n) is 4.43. The van der Waals surface area contributed by atoms with Gasteiger partial charge in [-0.2, -0.15) is 0 Å². The highest BCUT2D eigenvalue weighted by molar-refractivity contribution is 7.39. The van der Waals surface area contributed by atoms with E-state index in [1.165, 1.54) is 14.2 Å². The van der Waals surface area contributed by atoms with Gasteiger partial charge in [0.15, 0.2) is 10.9 Å². The number of benzene rings is 2. The minimum Gasteiger partial charge on any atom is -0.489 e. The summed E-state index contributed by atoms with van der Waals surface area (Å²) in [5.41, 5.74) is 3.63. The van der Waals surface area contributed by atoms with E-state index in [9.17, 15) is 9.18 Å². The number of alkyl halides is 1. The monoisotopic (exact) mass is 479 g/mol. The molecule has 0 saturated heterocycles. The first kappa shape index (κ1) is 25.7. The SMILES string of the molecule is CNC(=O)/C(=N/OC)c1cccc(C)c1CO/N=C(\C)c1ccccc1OCC(F)(P)P. The van der Waals surface area contributed by atoms with Gasteiger partial charge in [0.25, 0.3) is 5.91 Å². The van der Waals surface area contributed by atoms with Crippen molar-refractivity contribution in [3.8, 4) is 5.75 Å². The van der Waals surface area contributed by atoms with Gasteiger partial charge < -0.3 is 19.7 Å². The van der Waals surface area contributed by atoms with E-state index in [0.29, 0.717) is 22.6 Å². The Kier molecular flexibility index (Phi) is 9.55. The van der Waals surface area contributed by atoms with Crippen LogP contribution in [0.4, 0.5) is 4.39 Å². The molecule has 0 aliphatic heterocycles. The molecule has 2 rings (SSSR count). The van der Waals surface area contributed by atoms with Crippen molar-refractivity contribution in [1.82, 2.24) is 5.32 Å². The lowest BCUT2D eigenvalue weighted by atomic mass is 9.98. The number of aryl methyl sites for hydroxylation is 1. The predicted octanol–water partition coefficient (Wildman–Crippen LogP) is 3.78. The first-order valence-electron chi connectivity index (χ1n) is 9.75. The van der Waals surface area contributed by atoms with Crippen LogP contribution in [0.5, 0.6) is 5.75 Å². The lowest BCUT2D eigenvalue weighted by molar-refractivity contribution is -0.114. The Balaban J connectivity index is 2.26. The standard InChI is InChI=1S/C22H28FN3O4P2/c1-14-8-7-10-17(20(26-28-4)21(27)24-3)18(14)12-30-25-15(2)16-9-5-6-11-19(16)29-13-22(23,31)32/h5-11H,12-13,31-32H2,1-4H3,(H,24,27)/b25-15+,26-20+. The van der Waals surface area contributed by atoms with Crippen LogP contribution in [0.15, 0.2) is 52.8 Å². The maximum absolute atomic E-state index is 13.8. The maximum Gasteiger partial charge on any atom is 0.273 e. The fourth-order valence-electron chi connectivity index (χ4n) is 2.86. The zero-order valence-electron chi connectivity index (χ0n) is 18.5. The van der Waals surface area contributed by atoms with Crippen molar-refractivity contribution in [3.63, 3.8) is 0 Å². The van der Waals surface area contributed by atoms with E-state index in [0.717, 1.165) is 11.1 Å². The van der Waals surface area contributed by atoms with E-state index in [-0.39, 0.29) is 24.8 Å². The Hall–Kier alpha value is -2.56. The second kappa shape index (κ2) is 11.9. The Bertz CT molecular complexity index is 1010. The van der Waals surface area contributed by atoms with Crippen LogP contribution in [0.1, 0.15) is 29.2 Å². The van der Waals surface area contributed by atoms with Crippen molar-refractivity contribution in [1.29, 1.82) is 0 Å². The first-order valence-corrected chi connectivity index (χ1v) is 10.9. The smallest absolute Gasteiger partial charge is 0.273 e.